The largest absolute Gasteiger partial charge is 0.481 e. The molecule has 0 saturated carbocycles. The van der Waals surface area contributed by atoms with Gasteiger partial charge in [-0.05, 0) is 38.5 Å². The Labute approximate surface area is 173 Å². The van der Waals surface area contributed by atoms with E-state index in [0.29, 0.717) is 13.0 Å². The number of unbranched alkanes of at least 4 members (excludes halogenated alkanes) is 11. The highest BCUT2D eigenvalue weighted by atomic mass is 16.5. The Morgan fingerprint density at radius 3 is 1.86 bits per heavy atom. The predicted molar refractivity (Wildman–Crippen MR) is 116 cm³/mol. The summed E-state index contributed by atoms with van der Waals surface area (Å²) >= 11 is 0. The average molecular weight is 397 g/mol. The third-order valence-corrected chi connectivity index (χ3v) is 5.02. The van der Waals surface area contributed by atoms with E-state index in [0.717, 1.165) is 32.1 Å². The molecule has 0 radical (unpaired) electrons. The molecule has 0 heterocycles. The van der Waals surface area contributed by atoms with Gasteiger partial charge in [0, 0.05) is 0 Å². The van der Waals surface area contributed by atoms with E-state index in [9.17, 15) is 9.59 Å². The lowest BCUT2D eigenvalue weighted by Crippen LogP contribution is -2.21. The number of carboxylic acids is 1. The summed E-state index contributed by atoms with van der Waals surface area (Å²) in [7, 11) is 0. The molecule has 164 valence electrons. The van der Waals surface area contributed by atoms with Crippen LogP contribution in [0.4, 0.5) is 0 Å². The van der Waals surface area contributed by atoms with E-state index in [-0.39, 0.29) is 12.4 Å². The minimum absolute atomic E-state index is 0.119. The highest BCUT2D eigenvalue weighted by molar-refractivity contribution is 5.79. The van der Waals surface area contributed by atoms with Crippen LogP contribution in [-0.2, 0) is 14.3 Å². The second-order valence-electron chi connectivity index (χ2n) is 7.84. The number of carbonyl (C=O) groups is 2. The van der Waals surface area contributed by atoms with Gasteiger partial charge < -0.3 is 9.84 Å². The predicted octanol–water partition coefficient (Wildman–Crippen LogP) is 7.07. The lowest BCUT2D eigenvalue weighted by molar-refractivity contribution is -0.153. The van der Waals surface area contributed by atoms with E-state index in [4.69, 9.17) is 9.84 Å². The zero-order valence-corrected chi connectivity index (χ0v) is 18.4. The van der Waals surface area contributed by atoms with Crippen LogP contribution in [0, 0.1) is 5.92 Å². The molecule has 1 N–H and O–H groups in total. The Balaban J connectivity index is 3.60. The molecule has 0 fully saturated rings. The molecular formula is C24H44O4. The van der Waals surface area contributed by atoms with Crippen LogP contribution in [0.25, 0.3) is 0 Å². The van der Waals surface area contributed by atoms with Crippen molar-refractivity contribution in [3.63, 3.8) is 0 Å². The zero-order valence-electron chi connectivity index (χ0n) is 18.4. The number of carboxylic acid groups (broad SMARTS) is 1. The maximum Gasteiger partial charge on any atom is 0.309 e. The fraction of sp³-hybridized carbons (Fsp3) is 0.833. The molecule has 0 aliphatic heterocycles. The standard InChI is InChI=1S/C24H44O4/c1-3-5-6-7-8-9-10-11-12-13-14-15-16-17-18-19-22(21-23(25)26)24(27)28-20-4-2/h11-12,22H,3-10,13-21H2,1-2H3,(H,25,26)/b12-11+. The molecule has 1 unspecified atom stereocenters. The smallest absolute Gasteiger partial charge is 0.309 e. The van der Waals surface area contributed by atoms with E-state index >= 15 is 0 Å². The van der Waals surface area contributed by atoms with Crippen molar-refractivity contribution in [3.8, 4) is 0 Å². The third-order valence-electron chi connectivity index (χ3n) is 5.02. The van der Waals surface area contributed by atoms with Gasteiger partial charge in [-0.15, -0.1) is 0 Å². The second kappa shape index (κ2) is 20.4. The third kappa shape index (κ3) is 18.1. The monoisotopic (exact) mass is 396 g/mol. The van der Waals surface area contributed by atoms with Crippen molar-refractivity contribution in [2.24, 2.45) is 5.92 Å². The first-order chi connectivity index (χ1) is 13.6. The Bertz CT molecular complexity index is 403. The van der Waals surface area contributed by atoms with Crippen LogP contribution in [0.5, 0.6) is 0 Å². The topological polar surface area (TPSA) is 63.6 Å². The number of allylic oxidation sites excluding steroid dienone is 2. The minimum Gasteiger partial charge on any atom is -0.481 e. The first-order valence-corrected chi connectivity index (χ1v) is 11.6. The van der Waals surface area contributed by atoms with Crippen molar-refractivity contribution in [3.05, 3.63) is 12.2 Å². The van der Waals surface area contributed by atoms with E-state index in [1.165, 1.54) is 57.8 Å². The molecule has 0 saturated heterocycles. The number of esters is 1. The van der Waals surface area contributed by atoms with E-state index < -0.39 is 11.9 Å². The molecule has 4 nitrogen and oxygen atoms in total. The molecule has 0 amide bonds. The average Bonchev–Trinajstić information content (AvgIpc) is 2.67. The van der Waals surface area contributed by atoms with Crippen molar-refractivity contribution in [2.45, 2.75) is 117 Å². The van der Waals surface area contributed by atoms with Crippen molar-refractivity contribution >= 4 is 11.9 Å². The molecule has 4 heteroatoms. The first kappa shape index (κ1) is 26.7. The van der Waals surface area contributed by atoms with Crippen LogP contribution >= 0.6 is 0 Å². The van der Waals surface area contributed by atoms with Crippen molar-refractivity contribution in [1.82, 2.24) is 0 Å². The number of carbonyl (C=O) groups excluding carboxylic acids is 1. The van der Waals surface area contributed by atoms with Gasteiger partial charge in [0.05, 0.1) is 18.9 Å². The van der Waals surface area contributed by atoms with E-state index in [1.807, 2.05) is 6.92 Å². The minimum atomic E-state index is -0.925. The molecule has 0 aromatic rings. The molecule has 0 aromatic carbocycles. The van der Waals surface area contributed by atoms with Gasteiger partial charge in [-0.1, -0.05) is 83.8 Å². The van der Waals surface area contributed by atoms with Gasteiger partial charge in [0.1, 0.15) is 0 Å². The maximum absolute atomic E-state index is 11.9. The number of ether oxygens (including phenoxy) is 1. The summed E-state index contributed by atoms with van der Waals surface area (Å²) < 4.78 is 5.12. The number of hydrogen-bond donors (Lipinski definition) is 1. The second-order valence-corrected chi connectivity index (χ2v) is 7.84. The highest BCUT2D eigenvalue weighted by Crippen LogP contribution is 2.17. The van der Waals surface area contributed by atoms with Crippen LogP contribution < -0.4 is 0 Å². The molecule has 0 spiro atoms. The number of rotatable bonds is 20. The summed E-state index contributed by atoms with van der Waals surface area (Å²) in [6, 6.07) is 0. The summed E-state index contributed by atoms with van der Waals surface area (Å²) in [5, 5.41) is 8.97. The van der Waals surface area contributed by atoms with Gasteiger partial charge in [0.2, 0.25) is 0 Å². The zero-order chi connectivity index (χ0) is 20.9. The van der Waals surface area contributed by atoms with Gasteiger partial charge in [0.25, 0.3) is 0 Å². The molecule has 1 atom stereocenters. The SMILES string of the molecule is CCCCCCCC/C=C/CCCCCCCC(CC(=O)O)C(=O)OCCC. The fourth-order valence-electron chi connectivity index (χ4n) is 3.30. The number of aliphatic carboxylic acids is 1. The Morgan fingerprint density at radius 2 is 1.32 bits per heavy atom. The molecule has 0 bridgehead atoms. The van der Waals surface area contributed by atoms with Gasteiger partial charge in [0.15, 0.2) is 0 Å². The van der Waals surface area contributed by atoms with Crippen molar-refractivity contribution < 1.29 is 19.4 Å². The molecule has 0 aliphatic rings. The van der Waals surface area contributed by atoms with Gasteiger partial charge in [-0.2, -0.15) is 0 Å². The summed E-state index contributed by atoms with van der Waals surface area (Å²) in [4.78, 5) is 22.9. The lowest BCUT2D eigenvalue weighted by Gasteiger charge is -2.13. The van der Waals surface area contributed by atoms with Gasteiger partial charge in [-0.3, -0.25) is 9.59 Å². The van der Waals surface area contributed by atoms with Crippen LogP contribution in [0.1, 0.15) is 117 Å². The normalized spacial score (nSPS) is 12.4. The highest BCUT2D eigenvalue weighted by Gasteiger charge is 2.22. The molecule has 28 heavy (non-hydrogen) atoms. The molecule has 0 aliphatic carbocycles. The summed E-state index contributed by atoms with van der Waals surface area (Å²) in [6.45, 7) is 4.56. The van der Waals surface area contributed by atoms with Gasteiger partial charge >= 0.3 is 11.9 Å². The lowest BCUT2D eigenvalue weighted by atomic mass is 9.97. The maximum atomic E-state index is 11.9. The van der Waals surface area contributed by atoms with E-state index in [2.05, 4.69) is 19.1 Å². The molecule has 0 rings (SSSR count). The molecule has 0 aromatic heterocycles. The Kier molecular flexibility index (Phi) is 19.5. The van der Waals surface area contributed by atoms with Crippen LogP contribution in [0.15, 0.2) is 12.2 Å². The van der Waals surface area contributed by atoms with Crippen LogP contribution in [0.3, 0.4) is 0 Å². The van der Waals surface area contributed by atoms with Crippen molar-refractivity contribution in [2.75, 3.05) is 6.61 Å². The summed E-state index contributed by atoms with van der Waals surface area (Å²) in [6.07, 6.45) is 21.9. The quantitative estimate of drug-likeness (QED) is 0.136. The number of hydrogen-bond acceptors (Lipinski definition) is 3. The van der Waals surface area contributed by atoms with Crippen LogP contribution in [0.2, 0.25) is 0 Å². The summed E-state index contributed by atoms with van der Waals surface area (Å²) in [5.41, 5.74) is 0. The Hall–Kier alpha value is -1.32. The first-order valence-electron chi connectivity index (χ1n) is 11.6. The molecular weight excluding hydrogens is 352 g/mol. The Morgan fingerprint density at radius 1 is 0.786 bits per heavy atom. The summed E-state index contributed by atoms with van der Waals surface area (Å²) in [5.74, 6) is -1.76. The van der Waals surface area contributed by atoms with Crippen LogP contribution in [-0.4, -0.2) is 23.7 Å². The van der Waals surface area contributed by atoms with E-state index in [1.54, 1.807) is 0 Å². The van der Waals surface area contributed by atoms with Crippen molar-refractivity contribution in [1.29, 1.82) is 0 Å². The van der Waals surface area contributed by atoms with Gasteiger partial charge in [-0.25, -0.2) is 0 Å². The fourth-order valence-corrected chi connectivity index (χ4v) is 3.30.